The minimum Gasteiger partial charge on any atom is -0.480 e. The third-order valence-corrected chi connectivity index (χ3v) is 12.0. The molecule has 18 heteroatoms. The maximum atomic E-state index is 14.6. The van der Waals surface area contributed by atoms with Gasteiger partial charge in [0.25, 0.3) is 0 Å². The molecular formula is C51H72N10O8. The molecule has 0 aliphatic carbocycles. The lowest BCUT2D eigenvalue weighted by Gasteiger charge is -2.29. The Labute approximate surface area is 404 Å². The number of fused-ring (bicyclic) bond motifs is 1. The Hall–Kier alpha value is -6.63. The van der Waals surface area contributed by atoms with Gasteiger partial charge in [-0.3, -0.25) is 28.8 Å². The minimum absolute atomic E-state index is 0.00370. The molecule has 0 aliphatic heterocycles. The van der Waals surface area contributed by atoms with Crippen LogP contribution in [0.3, 0.4) is 0 Å². The molecule has 69 heavy (non-hydrogen) atoms. The van der Waals surface area contributed by atoms with Crippen molar-refractivity contribution >= 4 is 52.3 Å². The van der Waals surface area contributed by atoms with E-state index < -0.39 is 89.6 Å². The number of aliphatic carboxylic acids is 1. The van der Waals surface area contributed by atoms with E-state index in [1.165, 1.54) is 0 Å². The lowest BCUT2D eigenvalue weighted by atomic mass is 9.98. The number of carboxylic acids is 1. The molecule has 0 radical (unpaired) electrons. The number of amides is 6. The number of hydrogen-bond donors (Lipinski definition) is 11. The largest absolute Gasteiger partial charge is 0.480 e. The standard InChI is InChI=1S/C51H72N10O8/c1-31(2)43(54)49(66)60-41(28-34-19-9-6-10-20-34)47(64)59-42(29-35-30-55-37-22-12-11-21-36(35)37)48(65)61-44(32(3)4)50(67)56-38(23-13-15-25-52)45(62)58-40(27-33-17-7-5-8-18-33)46(63)57-39(51(68)69)24-14-16-26-53/h5-12,17-22,30-32,38-44,55H,13-16,23-29,52-54H2,1-4H3,(H,56,67)(H,57,63)(H,58,62)(H,59,64)(H,60,66)(H,61,65)(H,68,69)/t38-,39-,40-,41-,42-,43-,44-/m0/s1. The highest BCUT2D eigenvalue weighted by molar-refractivity contribution is 5.97. The number of hydrogen-bond acceptors (Lipinski definition) is 10. The number of benzene rings is 3. The molecule has 4 aromatic rings. The summed E-state index contributed by atoms with van der Waals surface area (Å²) in [7, 11) is 0. The van der Waals surface area contributed by atoms with Crippen molar-refractivity contribution < 1.29 is 38.7 Å². The monoisotopic (exact) mass is 953 g/mol. The van der Waals surface area contributed by atoms with Crippen molar-refractivity contribution in [1.29, 1.82) is 0 Å². The predicted molar refractivity (Wildman–Crippen MR) is 265 cm³/mol. The molecule has 4 rings (SSSR count). The summed E-state index contributed by atoms with van der Waals surface area (Å²) < 4.78 is 0. The molecule has 1 aromatic heterocycles. The number of rotatable bonds is 29. The fraction of sp³-hybridized carbons (Fsp3) is 0.471. The van der Waals surface area contributed by atoms with Crippen LogP contribution in [0.1, 0.15) is 82.9 Å². The number of aromatic amines is 1. The lowest BCUT2D eigenvalue weighted by Crippen LogP contribution is -2.61. The third-order valence-electron chi connectivity index (χ3n) is 12.0. The number of H-pyrrole nitrogens is 1. The Morgan fingerprint density at radius 1 is 0.507 bits per heavy atom. The molecule has 374 valence electrons. The molecule has 7 atom stereocenters. The lowest BCUT2D eigenvalue weighted by molar-refractivity contribution is -0.142. The van der Waals surface area contributed by atoms with Gasteiger partial charge in [0.05, 0.1) is 6.04 Å². The van der Waals surface area contributed by atoms with Crippen molar-refractivity contribution in [3.8, 4) is 0 Å². The Balaban J connectivity index is 1.62. The van der Waals surface area contributed by atoms with Crippen LogP contribution in [-0.4, -0.2) is 107 Å². The summed E-state index contributed by atoms with van der Waals surface area (Å²) in [6, 6.07) is 17.3. The van der Waals surface area contributed by atoms with Crippen molar-refractivity contribution in [2.75, 3.05) is 13.1 Å². The summed E-state index contributed by atoms with van der Waals surface area (Å²) >= 11 is 0. The van der Waals surface area contributed by atoms with Crippen molar-refractivity contribution in [3.05, 3.63) is 108 Å². The van der Waals surface area contributed by atoms with Gasteiger partial charge in [0.15, 0.2) is 0 Å². The first-order chi connectivity index (χ1) is 33.0. The van der Waals surface area contributed by atoms with Gasteiger partial charge in [-0.25, -0.2) is 4.79 Å². The maximum absolute atomic E-state index is 14.6. The number of para-hydroxylation sites is 1. The molecule has 0 fully saturated rings. The number of carbonyl (C=O) groups excluding carboxylic acids is 6. The van der Waals surface area contributed by atoms with Crippen molar-refractivity contribution in [2.24, 2.45) is 29.0 Å². The SMILES string of the molecule is CC(C)[C@H](N)C(=O)N[C@@H](Cc1ccccc1)C(=O)N[C@@H](Cc1c[nH]c2ccccc12)C(=O)N[C@H](C(=O)N[C@@H](CCCCN)C(=O)N[C@@H](Cc1ccccc1)C(=O)N[C@@H](CCCCN)C(=O)O)C(C)C. The van der Waals surface area contributed by atoms with Crippen LogP contribution in [0.25, 0.3) is 10.9 Å². The second kappa shape index (κ2) is 28.0. The number of aromatic nitrogens is 1. The van der Waals surface area contributed by atoms with Crippen LogP contribution >= 0.6 is 0 Å². The van der Waals surface area contributed by atoms with Crippen molar-refractivity contribution in [2.45, 2.75) is 128 Å². The summed E-state index contributed by atoms with van der Waals surface area (Å²) in [4.78, 5) is 100.0. The summed E-state index contributed by atoms with van der Waals surface area (Å²) in [5.41, 5.74) is 20.6. The molecule has 1 heterocycles. The first kappa shape index (κ1) is 55.0. The molecule has 0 aliphatic rings. The third kappa shape index (κ3) is 17.4. The zero-order valence-electron chi connectivity index (χ0n) is 40.2. The van der Waals surface area contributed by atoms with Gasteiger partial charge in [-0.15, -0.1) is 0 Å². The minimum atomic E-state index is -1.26. The van der Waals surface area contributed by atoms with E-state index in [1.54, 1.807) is 64.2 Å². The fourth-order valence-electron chi connectivity index (χ4n) is 7.80. The van der Waals surface area contributed by atoms with E-state index in [2.05, 4.69) is 36.9 Å². The Kier molecular flexibility index (Phi) is 22.3. The van der Waals surface area contributed by atoms with E-state index in [0.717, 1.165) is 16.5 Å². The van der Waals surface area contributed by atoms with Gasteiger partial charge in [0.1, 0.15) is 36.3 Å². The molecule has 0 spiro atoms. The van der Waals surface area contributed by atoms with Crippen LogP contribution in [0.5, 0.6) is 0 Å². The highest BCUT2D eigenvalue weighted by Gasteiger charge is 2.35. The fourth-order valence-corrected chi connectivity index (χ4v) is 7.80. The number of nitrogens with two attached hydrogens (primary N) is 3. The molecule has 3 aromatic carbocycles. The van der Waals surface area contributed by atoms with Gasteiger partial charge in [0.2, 0.25) is 35.4 Å². The van der Waals surface area contributed by atoms with Crippen molar-refractivity contribution in [3.63, 3.8) is 0 Å². The molecular weight excluding hydrogens is 881 g/mol. The summed E-state index contributed by atoms with van der Waals surface area (Å²) in [6.07, 6.45) is 4.08. The van der Waals surface area contributed by atoms with E-state index in [-0.39, 0.29) is 38.0 Å². The first-order valence-corrected chi connectivity index (χ1v) is 23.9. The first-order valence-electron chi connectivity index (χ1n) is 23.9. The van der Waals surface area contributed by atoms with E-state index in [4.69, 9.17) is 17.2 Å². The van der Waals surface area contributed by atoms with Gasteiger partial charge in [-0.2, -0.15) is 0 Å². The van der Waals surface area contributed by atoms with E-state index in [0.29, 0.717) is 49.9 Å². The Bertz CT molecular complexity index is 2290. The smallest absolute Gasteiger partial charge is 0.326 e. The molecule has 0 unspecified atom stereocenters. The number of carbonyl (C=O) groups is 7. The molecule has 18 nitrogen and oxygen atoms in total. The van der Waals surface area contributed by atoms with E-state index >= 15 is 0 Å². The highest BCUT2D eigenvalue weighted by atomic mass is 16.4. The maximum Gasteiger partial charge on any atom is 0.326 e. The van der Waals surface area contributed by atoms with E-state index in [9.17, 15) is 38.7 Å². The van der Waals surface area contributed by atoms with Gasteiger partial charge in [-0.1, -0.05) is 107 Å². The quantitative estimate of drug-likeness (QED) is 0.0350. The van der Waals surface area contributed by atoms with Gasteiger partial charge in [-0.05, 0) is 86.2 Å². The number of unbranched alkanes of at least 4 members (excludes halogenated alkanes) is 2. The number of carboxylic acid groups (broad SMARTS) is 1. The normalized spacial score (nSPS) is 14.4. The van der Waals surface area contributed by atoms with Crippen LogP contribution < -0.4 is 49.1 Å². The van der Waals surface area contributed by atoms with Crippen LogP contribution in [0, 0.1) is 11.8 Å². The van der Waals surface area contributed by atoms with Crippen LogP contribution in [0.15, 0.2) is 91.1 Å². The zero-order valence-corrected chi connectivity index (χ0v) is 40.2. The molecule has 6 amide bonds. The zero-order chi connectivity index (χ0) is 50.5. The average Bonchev–Trinajstić information content (AvgIpc) is 3.74. The highest BCUT2D eigenvalue weighted by Crippen LogP contribution is 2.20. The van der Waals surface area contributed by atoms with E-state index in [1.807, 2.05) is 54.6 Å². The number of nitrogens with one attached hydrogen (secondary N) is 7. The summed E-state index contributed by atoms with van der Waals surface area (Å²) in [5.74, 6) is -5.98. The Morgan fingerprint density at radius 3 is 1.45 bits per heavy atom. The summed E-state index contributed by atoms with van der Waals surface area (Å²) in [6.45, 7) is 7.70. The molecule has 14 N–H and O–H groups in total. The second-order valence-electron chi connectivity index (χ2n) is 18.2. The van der Waals surface area contributed by atoms with Crippen LogP contribution in [0.4, 0.5) is 0 Å². The van der Waals surface area contributed by atoms with Gasteiger partial charge < -0.3 is 59.2 Å². The van der Waals surface area contributed by atoms with Gasteiger partial charge >= 0.3 is 5.97 Å². The topological polar surface area (TPSA) is 306 Å². The van der Waals surface area contributed by atoms with Crippen LogP contribution in [0.2, 0.25) is 0 Å². The average molecular weight is 953 g/mol. The Morgan fingerprint density at radius 2 is 0.942 bits per heavy atom. The predicted octanol–water partition coefficient (Wildman–Crippen LogP) is 2.09. The van der Waals surface area contributed by atoms with Crippen molar-refractivity contribution in [1.82, 2.24) is 36.9 Å². The van der Waals surface area contributed by atoms with Gasteiger partial charge in [0, 0.05) is 36.4 Å². The second-order valence-corrected chi connectivity index (χ2v) is 18.2. The molecule has 0 bridgehead atoms. The molecule has 0 saturated heterocycles. The van der Waals surface area contributed by atoms with Crippen LogP contribution in [-0.2, 0) is 52.8 Å². The molecule has 0 saturated carbocycles. The summed E-state index contributed by atoms with van der Waals surface area (Å²) in [5, 5.41) is 27.4.